The van der Waals surface area contributed by atoms with Crippen molar-refractivity contribution in [3.8, 4) is 0 Å². The van der Waals surface area contributed by atoms with Gasteiger partial charge in [0, 0.05) is 11.0 Å². The molecule has 0 aliphatic carbocycles. The molecule has 1 aromatic rings. The maximum absolute atomic E-state index is 11.8. The van der Waals surface area contributed by atoms with Gasteiger partial charge in [-0.15, -0.1) is 0 Å². The van der Waals surface area contributed by atoms with E-state index in [9.17, 15) is 13.2 Å². The van der Waals surface area contributed by atoms with Crippen LogP contribution in [0, 0.1) is 6.92 Å². The van der Waals surface area contributed by atoms with Crippen molar-refractivity contribution < 1.29 is 13.2 Å². The van der Waals surface area contributed by atoms with Gasteiger partial charge in [-0.2, -0.15) is 13.2 Å². The summed E-state index contributed by atoms with van der Waals surface area (Å²) in [6.45, 7) is 1.17. The number of nitrogens with one attached hydrogen (secondary N) is 1. The van der Waals surface area contributed by atoms with E-state index < -0.39 is 12.7 Å². The van der Waals surface area contributed by atoms with Gasteiger partial charge in [0.25, 0.3) is 0 Å². The van der Waals surface area contributed by atoms with Gasteiger partial charge in [0.05, 0.1) is 6.54 Å². The first-order valence-corrected chi connectivity index (χ1v) is 5.20. The van der Waals surface area contributed by atoms with Crippen LogP contribution in [0.25, 0.3) is 0 Å². The van der Waals surface area contributed by atoms with Crippen LogP contribution in [0.15, 0.2) is 22.7 Å². The first-order valence-electron chi connectivity index (χ1n) is 4.41. The molecule has 0 spiro atoms. The molecule has 0 aromatic heterocycles. The van der Waals surface area contributed by atoms with Crippen molar-refractivity contribution in [3.05, 3.63) is 33.8 Å². The minimum absolute atomic E-state index is 0.230. The lowest BCUT2D eigenvalue weighted by Gasteiger charge is -2.09. The molecule has 1 N–H and O–H groups in total. The Labute approximate surface area is 94.8 Å². The lowest BCUT2D eigenvalue weighted by atomic mass is 10.1. The summed E-state index contributed by atoms with van der Waals surface area (Å²) in [7, 11) is 0. The van der Waals surface area contributed by atoms with Crippen molar-refractivity contribution in [3.63, 3.8) is 0 Å². The van der Waals surface area contributed by atoms with Crippen LogP contribution in [-0.2, 0) is 6.54 Å². The first kappa shape index (κ1) is 12.5. The van der Waals surface area contributed by atoms with Crippen LogP contribution in [0.5, 0.6) is 0 Å². The second-order valence-corrected chi connectivity index (χ2v) is 4.16. The van der Waals surface area contributed by atoms with E-state index >= 15 is 0 Å². The Hall–Kier alpha value is -0.550. The first-order chi connectivity index (χ1) is 6.88. The summed E-state index contributed by atoms with van der Waals surface area (Å²) in [6, 6.07) is 5.48. The highest BCUT2D eigenvalue weighted by atomic mass is 79.9. The Morgan fingerprint density at radius 2 is 2.00 bits per heavy atom. The molecule has 0 heterocycles. The van der Waals surface area contributed by atoms with Crippen molar-refractivity contribution in [1.29, 1.82) is 0 Å². The summed E-state index contributed by atoms with van der Waals surface area (Å²) in [5, 5.41) is 2.35. The van der Waals surface area contributed by atoms with Crippen LogP contribution in [0.4, 0.5) is 13.2 Å². The SMILES string of the molecule is Cc1cc(CNCC(F)(F)F)ccc1Br. The number of alkyl halides is 3. The molecule has 0 unspecified atom stereocenters. The van der Waals surface area contributed by atoms with E-state index in [-0.39, 0.29) is 6.54 Å². The molecular weight excluding hydrogens is 271 g/mol. The van der Waals surface area contributed by atoms with Crippen LogP contribution in [0.3, 0.4) is 0 Å². The van der Waals surface area contributed by atoms with Gasteiger partial charge in [-0.05, 0) is 24.1 Å². The van der Waals surface area contributed by atoms with Crippen molar-refractivity contribution in [2.75, 3.05) is 6.54 Å². The summed E-state index contributed by atoms with van der Waals surface area (Å²) in [4.78, 5) is 0. The topological polar surface area (TPSA) is 12.0 Å². The van der Waals surface area contributed by atoms with Crippen LogP contribution in [0.1, 0.15) is 11.1 Å². The molecule has 0 bridgehead atoms. The van der Waals surface area contributed by atoms with Crippen LogP contribution in [-0.4, -0.2) is 12.7 Å². The molecule has 15 heavy (non-hydrogen) atoms. The summed E-state index contributed by atoms with van der Waals surface area (Å²) in [5.41, 5.74) is 1.86. The van der Waals surface area contributed by atoms with Gasteiger partial charge >= 0.3 is 6.18 Å². The number of halogens is 4. The molecule has 1 rings (SSSR count). The minimum atomic E-state index is -4.15. The third-order valence-corrected chi connectivity index (χ3v) is 2.77. The number of hydrogen-bond acceptors (Lipinski definition) is 1. The molecule has 0 aliphatic rings. The second-order valence-electron chi connectivity index (χ2n) is 3.30. The lowest BCUT2D eigenvalue weighted by Crippen LogP contribution is -2.28. The smallest absolute Gasteiger partial charge is 0.305 e. The fraction of sp³-hybridized carbons (Fsp3) is 0.400. The van der Waals surface area contributed by atoms with Gasteiger partial charge in [-0.25, -0.2) is 0 Å². The lowest BCUT2D eigenvalue weighted by molar-refractivity contribution is -0.125. The van der Waals surface area contributed by atoms with Gasteiger partial charge in [-0.3, -0.25) is 0 Å². The third-order valence-electron chi connectivity index (χ3n) is 1.88. The molecular formula is C10H11BrF3N. The standard InChI is InChI=1S/C10H11BrF3N/c1-7-4-8(2-3-9(7)11)5-15-6-10(12,13)14/h2-4,15H,5-6H2,1H3. The van der Waals surface area contributed by atoms with E-state index in [0.717, 1.165) is 15.6 Å². The average Bonchev–Trinajstić information content (AvgIpc) is 2.09. The maximum atomic E-state index is 11.8. The molecule has 1 nitrogen and oxygen atoms in total. The number of hydrogen-bond donors (Lipinski definition) is 1. The molecule has 0 aliphatic heterocycles. The molecule has 0 atom stereocenters. The summed E-state index contributed by atoms with van der Waals surface area (Å²) in [5.74, 6) is 0. The van der Waals surface area contributed by atoms with E-state index in [1.54, 1.807) is 6.07 Å². The molecule has 0 fully saturated rings. The number of rotatable bonds is 3. The van der Waals surface area contributed by atoms with Gasteiger partial charge < -0.3 is 5.32 Å². The predicted molar refractivity (Wildman–Crippen MR) is 56.6 cm³/mol. The molecule has 0 saturated heterocycles. The fourth-order valence-corrected chi connectivity index (χ4v) is 1.41. The van der Waals surface area contributed by atoms with Crippen LogP contribution < -0.4 is 5.32 Å². The quantitative estimate of drug-likeness (QED) is 0.895. The summed E-state index contributed by atoms with van der Waals surface area (Å²) in [6.07, 6.45) is -4.15. The number of aryl methyl sites for hydroxylation is 1. The Morgan fingerprint density at radius 1 is 1.33 bits per heavy atom. The van der Waals surface area contributed by atoms with Gasteiger partial charge in [0.1, 0.15) is 0 Å². The molecule has 0 radical (unpaired) electrons. The highest BCUT2D eigenvalue weighted by Gasteiger charge is 2.25. The Balaban J connectivity index is 2.48. The van der Waals surface area contributed by atoms with Gasteiger partial charge in [0.15, 0.2) is 0 Å². The maximum Gasteiger partial charge on any atom is 0.401 e. The number of benzene rings is 1. The summed E-state index contributed by atoms with van der Waals surface area (Å²) >= 11 is 3.33. The Morgan fingerprint density at radius 3 is 2.53 bits per heavy atom. The van der Waals surface area contributed by atoms with E-state index in [4.69, 9.17) is 0 Å². The Kier molecular flexibility index (Phi) is 4.16. The van der Waals surface area contributed by atoms with Crippen molar-refractivity contribution in [1.82, 2.24) is 5.32 Å². The van der Waals surface area contributed by atoms with Crippen LogP contribution >= 0.6 is 15.9 Å². The average molecular weight is 282 g/mol. The molecule has 0 saturated carbocycles. The van der Waals surface area contributed by atoms with E-state index in [1.165, 1.54) is 0 Å². The Bertz CT molecular complexity index is 336. The van der Waals surface area contributed by atoms with Crippen molar-refractivity contribution in [2.24, 2.45) is 0 Å². The van der Waals surface area contributed by atoms with E-state index in [2.05, 4.69) is 21.2 Å². The third kappa shape index (κ3) is 4.66. The fourth-order valence-electron chi connectivity index (χ4n) is 1.17. The van der Waals surface area contributed by atoms with E-state index in [1.807, 2.05) is 19.1 Å². The zero-order valence-electron chi connectivity index (χ0n) is 8.16. The summed E-state index contributed by atoms with van der Waals surface area (Å²) < 4.78 is 36.5. The largest absolute Gasteiger partial charge is 0.401 e. The molecule has 84 valence electrons. The normalized spacial score (nSPS) is 11.8. The predicted octanol–water partition coefficient (Wildman–Crippen LogP) is 3.41. The van der Waals surface area contributed by atoms with E-state index in [0.29, 0.717) is 0 Å². The molecule has 5 heteroatoms. The second kappa shape index (κ2) is 4.99. The van der Waals surface area contributed by atoms with Gasteiger partial charge in [-0.1, -0.05) is 28.1 Å². The highest BCUT2D eigenvalue weighted by molar-refractivity contribution is 9.10. The zero-order valence-corrected chi connectivity index (χ0v) is 9.74. The zero-order chi connectivity index (χ0) is 11.5. The van der Waals surface area contributed by atoms with Gasteiger partial charge in [0.2, 0.25) is 0 Å². The highest BCUT2D eigenvalue weighted by Crippen LogP contribution is 2.17. The van der Waals surface area contributed by atoms with Crippen molar-refractivity contribution in [2.45, 2.75) is 19.6 Å². The van der Waals surface area contributed by atoms with Crippen LogP contribution in [0.2, 0.25) is 0 Å². The monoisotopic (exact) mass is 281 g/mol. The van der Waals surface area contributed by atoms with Crippen molar-refractivity contribution >= 4 is 15.9 Å². The molecule has 0 amide bonds. The minimum Gasteiger partial charge on any atom is -0.305 e. The molecule has 1 aromatic carbocycles.